The second-order valence-corrected chi connectivity index (χ2v) is 4.39. The smallest absolute Gasteiger partial charge is 0.186 e. The summed E-state index contributed by atoms with van der Waals surface area (Å²) in [4.78, 5) is 7.11. The second-order valence-electron chi connectivity index (χ2n) is 4.39. The van der Waals surface area contributed by atoms with Gasteiger partial charge in [0.1, 0.15) is 11.3 Å². The molecule has 0 fully saturated rings. The molecule has 18 heavy (non-hydrogen) atoms. The SMILES string of the molecule is NCCCCCCc1nc2c(F)c(F)ccc2[nH]1. The van der Waals surface area contributed by atoms with Crippen molar-refractivity contribution < 1.29 is 8.78 Å². The Hall–Kier alpha value is -1.49. The van der Waals surface area contributed by atoms with Crippen LogP contribution < -0.4 is 5.73 Å². The van der Waals surface area contributed by atoms with Gasteiger partial charge in [-0.05, 0) is 31.5 Å². The molecule has 0 bridgehead atoms. The van der Waals surface area contributed by atoms with Gasteiger partial charge in [0.05, 0.1) is 5.52 Å². The lowest BCUT2D eigenvalue weighted by molar-refractivity contribution is 0.515. The first-order valence-corrected chi connectivity index (χ1v) is 6.25. The highest BCUT2D eigenvalue weighted by Gasteiger charge is 2.11. The number of hydrogen-bond acceptors (Lipinski definition) is 2. The topological polar surface area (TPSA) is 54.7 Å². The summed E-state index contributed by atoms with van der Waals surface area (Å²) < 4.78 is 26.4. The van der Waals surface area contributed by atoms with Gasteiger partial charge in [0.2, 0.25) is 0 Å². The number of nitrogens with one attached hydrogen (secondary N) is 1. The minimum absolute atomic E-state index is 0.0898. The molecule has 3 nitrogen and oxygen atoms in total. The molecule has 0 saturated heterocycles. The van der Waals surface area contributed by atoms with Crippen LogP contribution in [0, 0.1) is 11.6 Å². The summed E-state index contributed by atoms with van der Waals surface area (Å²) in [6.45, 7) is 0.717. The number of imidazole rings is 1. The zero-order chi connectivity index (χ0) is 13.0. The molecule has 98 valence electrons. The van der Waals surface area contributed by atoms with Gasteiger partial charge in [-0.1, -0.05) is 12.8 Å². The number of H-pyrrole nitrogens is 1. The van der Waals surface area contributed by atoms with E-state index in [9.17, 15) is 8.78 Å². The summed E-state index contributed by atoms with van der Waals surface area (Å²) in [5.41, 5.74) is 6.04. The van der Waals surface area contributed by atoms with Crippen molar-refractivity contribution in [1.82, 2.24) is 9.97 Å². The van der Waals surface area contributed by atoms with Crippen LogP contribution in [-0.2, 0) is 6.42 Å². The Morgan fingerprint density at radius 2 is 1.89 bits per heavy atom. The Kier molecular flexibility index (Phi) is 4.25. The Labute approximate surface area is 104 Å². The largest absolute Gasteiger partial charge is 0.342 e. The maximum atomic E-state index is 13.4. The molecule has 1 aromatic carbocycles. The summed E-state index contributed by atoms with van der Waals surface area (Å²) >= 11 is 0. The van der Waals surface area contributed by atoms with Gasteiger partial charge < -0.3 is 10.7 Å². The van der Waals surface area contributed by atoms with Gasteiger partial charge in [-0.3, -0.25) is 0 Å². The molecule has 0 radical (unpaired) electrons. The van der Waals surface area contributed by atoms with Crippen LogP contribution in [0.3, 0.4) is 0 Å². The summed E-state index contributed by atoms with van der Waals surface area (Å²) in [7, 11) is 0. The van der Waals surface area contributed by atoms with E-state index in [1.165, 1.54) is 6.07 Å². The van der Waals surface area contributed by atoms with Crippen LogP contribution in [0.2, 0.25) is 0 Å². The molecule has 0 spiro atoms. The molecule has 0 aliphatic heterocycles. The van der Waals surface area contributed by atoms with Gasteiger partial charge in [-0.2, -0.15) is 0 Å². The molecule has 3 N–H and O–H groups in total. The fourth-order valence-corrected chi connectivity index (χ4v) is 1.98. The van der Waals surface area contributed by atoms with Crippen molar-refractivity contribution in [3.8, 4) is 0 Å². The van der Waals surface area contributed by atoms with E-state index in [2.05, 4.69) is 9.97 Å². The Morgan fingerprint density at radius 3 is 2.67 bits per heavy atom. The number of benzene rings is 1. The van der Waals surface area contributed by atoms with Crippen molar-refractivity contribution >= 4 is 11.0 Å². The highest BCUT2D eigenvalue weighted by atomic mass is 19.2. The molecular weight excluding hydrogens is 236 g/mol. The van der Waals surface area contributed by atoms with Gasteiger partial charge >= 0.3 is 0 Å². The predicted molar refractivity (Wildman–Crippen MR) is 67.2 cm³/mol. The standard InChI is InChI=1S/C13H17F2N3/c14-9-6-7-10-13(12(9)15)18-11(17-10)5-3-1-2-4-8-16/h6-7H,1-5,8,16H2,(H,17,18). The lowest BCUT2D eigenvalue weighted by Crippen LogP contribution is -1.98. The van der Waals surface area contributed by atoms with Crippen LogP contribution in [0.25, 0.3) is 11.0 Å². The number of aromatic amines is 1. The van der Waals surface area contributed by atoms with Crippen LogP contribution in [0.5, 0.6) is 0 Å². The first kappa shape index (κ1) is 13.0. The molecule has 0 aliphatic rings. The third kappa shape index (κ3) is 2.85. The molecule has 5 heteroatoms. The quantitative estimate of drug-likeness (QED) is 0.778. The van der Waals surface area contributed by atoms with Crippen LogP contribution in [0.1, 0.15) is 31.5 Å². The lowest BCUT2D eigenvalue weighted by Gasteiger charge is -1.97. The number of hydrogen-bond donors (Lipinski definition) is 2. The Balaban J connectivity index is 2.00. The van der Waals surface area contributed by atoms with Crippen molar-refractivity contribution in [3.05, 3.63) is 29.6 Å². The van der Waals surface area contributed by atoms with E-state index in [0.29, 0.717) is 11.3 Å². The van der Waals surface area contributed by atoms with E-state index in [0.717, 1.165) is 44.7 Å². The second kappa shape index (κ2) is 5.91. The zero-order valence-electron chi connectivity index (χ0n) is 10.2. The van der Waals surface area contributed by atoms with Gasteiger partial charge in [-0.25, -0.2) is 13.8 Å². The van der Waals surface area contributed by atoms with E-state index in [1.54, 1.807) is 0 Å². The monoisotopic (exact) mass is 253 g/mol. The van der Waals surface area contributed by atoms with Crippen molar-refractivity contribution in [3.63, 3.8) is 0 Å². The molecule has 0 atom stereocenters. The Bertz CT molecular complexity index is 522. The summed E-state index contributed by atoms with van der Waals surface area (Å²) in [5, 5.41) is 0. The van der Waals surface area contributed by atoms with E-state index < -0.39 is 11.6 Å². The molecule has 0 saturated carbocycles. The molecule has 2 aromatic rings. The van der Waals surface area contributed by atoms with Crippen LogP contribution in [0.4, 0.5) is 8.78 Å². The van der Waals surface area contributed by atoms with Crippen molar-refractivity contribution in [1.29, 1.82) is 0 Å². The van der Waals surface area contributed by atoms with Gasteiger partial charge in [0.25, 0.3) is 0 Å². The van der Waals surface area contributed by atoms with Gasteiger partial charge in [-0.15, -0.1) is 0 Å². The first-order valence-electron chi connectivity index (χ1n) is 6.25. The van der Waals surface area contributed by atoms with Crippen LogP contribution in [-0.4, -0.2) is 16.5 Å². The Morgan fingerprint density at radius 1 is 1.11 bits per heavy atom. The van der Waals surface area contributed by atoms with Gasteiger partial charge in [0, 0.05) is 6.42 Å². The average molecular weight is 253 g/mol. The number of nitrogens with two attached hydrogens (primary N) is 1. The third-order valence-electron chi connectivity index (χ3n) is 2.96. The van der Waals surface area contributed by atoms with Crippen LogP contribution in [0.15, 0.2) is 12.1 Å². The fraction of sp³-hybridized carbons (Fsp3) is 0.462. The number of unbranched alkanes of at least 4 members (excludes halogenated alkanes) is 3. The number of halogens is 2. The van der Waals surface area contributed by atoms with Crippen molar-refractivity contribution in [2.45, 2.75) is 32.1 Å². The van der Waals surface area contributed by atoms with E-state index >= 15 is 0 Å². The maximum absolute atomic E-state index is 13.4. The number of aryl methyl sites for hydroxylation is 1. The molecule has 0 aliphatic carbocycles. The minimum atomic E-state index is -0.877. The lowest BCUT2D eigenvalue weighted by atomic mass is 10.1. The number of aromatic nitrogens is 2. The molecule has 1 heterocycles. The minimum Gasteiger partial charge on any atom is -0.342 e. The summed E-state index contributed by atoms with van der Waals surface area (Å²) in [5.74, 6) is -1.02. The number of nitrogens with zero attached hydrogens (tertiary/aromatic N) is 1. The van der Waals surface area contributed by atoms with Crippen molar-refractivity contribution in [2.75, 3.05) is 6.54 Å². The fourth-order valence-electron chi connectivity index (χ4n) is 1.98. The number of fused-ring (bicyclic) bond motifs is 1. The van der Waals surface area contributed by atoms with Gasteiger partial charge in [0.15, 0.2) is 11.6 Å². The molecule has 0 unspecified atom stereocenters. The average Bonchev–Trinajstić information content (AvgIpc) is 2.78. The zero-order valence-corrected chi connectivity index (χ0v) is 10.2. The van der Waals surface area contributed by atoms with E-state index in [1.807, 2.05) is 0 Å². The molecule has 2 rings (SSSR count). The highest BCUT2D eigenvalue weighted by Crippen LogP contribution is 2.18. The van der Waals surface area contributed by atoms with Crippen LogP contribution >= 0.6 is 0 Å². The van der Waals surface area contributed by atoms with Crippen molar-refractivity contribution in [2.24, 2.45) is 5.73 Å². The first-order chi connectivity index (χ1) is 8.72. The molecular formula is C13H17F2N3. The highest BCUT2D eigenvalue weighted by molar-refractivity contribution is 5.75. The normalized spacial score (nSPS) is 11.3. The molecule has 1 aromatic heterocycles. The number of rotatable bonds is 6. The van der Waals surface area contributed by atoms with E-state index in [4.69, 9.17) is 5.73 Å². The summed E-state index contributed by atoms with van der Waals surface area (Å²) in [6, 6.07) is 2.62. The molecule has 0 amide bonds. The van der Waals surface area contributed by atoms with E-state index in [-0.39, 0.29) is 5.52 Å². The predicted octanol–water partition coefficient (Wildman–Crippen LogP) is 2.90. The summed E-state index contributed by atoms with van der Waals surface area (Å²) in [6.07, 6.45) is 4.93. The third-order valence-corrected chi connectivity index (χ3v) is 2.96. The maximum Gasteiger partial charge on any atom is 0.186 e.